The molecular weight excluding hydrogens is 224 g/mol. The third-order valence-electron chi connectivity index (χ3n) is 3.03. The van der Waals surface area contributed by atoms with Gasteiger partial charge >= 0.3 is 5.97 Å². The summed E-state index contributed by atoms with van der Waals surface area (Å²) in [6, 6.07) is 0. The van der Waals surface area contributed by atoms with E-state index in [2.05, 4.69) is 10.6 Å². The van der Waals surface area contributed by atoms with Gasteiger partial charge in [-0.2, -0.15) is 0 Å². The number of carboxylic acids is 1. The Labute approximate surface area is 100 Å². The second-order valence-electron chi connectivity index (χ2n) is 5.11. The fraction of sp³-hybridized carbons (Fsp3) is 0.818. The van der Waals surface area contributed by atoms with Gasteiger partial charge in [-0.25, -0.2) is 0 Å². The van der Waals surface area contributed by atoms with Crippen molar-refractivity contribution >= 4 is 11.9 Å². The lowest BCUT2D eigenvalue weighted by Gasteiger charge is -2.27. The highest BCUT2D eigenvalue weighted by molar-refractivity contribution is 5.86. The summed E-state index contributed by atoms with van der Waals surface area (Å²) in [4.78, 5) is 22.4. The summed E-state index contributed by atoms with van der Waals surface area (Å²) in [5.41, 5.74) is -2.02. The standard InChI is InChI=1S/C11H20N2O4/c1-10(17,6-8(14)15)7-12-9(16)11(2)4-3-5-13-11/h13,17H,3-7H2,1-2H3,(H,12,16)(H,14,15). The molecule has 0 aromatic carbocycles. The summed E-state index contributed by atoms with van der Waals surface area (Å²) in [6.45, 7) is 3.94. The molecule has 1 heterocycles. The van der Waals surface area contributed by atoms with Crippen LogP contribution in [0.4, 0.5) is 0 Å². The predicted molar refractivity (Wildman–Crippen MR) is 61.5 cm³/mol. The monoisotopic (exact) mass is 244 g/mol. The number of amides is 1. The minimum Gasteiger partial charge on any atom is -0.481 e. The highest BCUT2D eigenvalue weighted by atomic mass is 16.4. The Hall–Kier alpha value is -1.14. The van der Waals surface area contributed by atoms with Gasteiger partial charge in [0.05, 0.1) is 17.6 Å². The molecule has 17 heavy (non-hydrogen) atoms. The number of hydrogen-bond acceptors (Lipinski definition) is 4. The molecule has 0 spiro atoms. The van der Waals surface area contributed by atoms with Crippen LogP contribution in [0.3, 0.4) is 0 Å². The van der Waals surface area contributed by atoms with E-state index in [1.807, 2.05) is 0 Å². The number of hydrogen-bond donors (Lipinski definition) is 4. The molecule has 2 atom stereocenters. The summed E-state index contributed by atoms with van der Waals surface area (Å²) in [7, 11) is 0. The Morgan fingerprint density at radius 2 is 2.18 bits per heavy atom. The van der Waals surface area contributed by atoms with Crippen molar-refractivity contribution < 1.29 is 19.8 Å². The molecule has 1 amide bonds. The normalized spacial score (nSPS) is 27.5. The second kappa shape index (κ2) is 5.01. The lowest BCUT2D eigenvalue weighted by atomic mass is 9.97. The van der Waals surface area contributed by atoms with E-state index in [1.54, 1.807) is 6.92 Å². The van der Waals surface area contributed by atoms with Gasteiger partial charge < -0.3 is 20.8 Å². The molecule has 2 unspecified atom stereocenters. The molecule has 1 aliphatic rings. The predicted octanol–water partition coefficient (Wildman–Crippen LogP) is -0.530. The van der Waals surface area contributed by atoms with Crippen LogP contribution < -0.4 is 10.6 Å². The zero-order chi connectivity index (χ0) is 13.1. The summed E-state index contributed by atoms with van der Waals surface area (Å²) in [6.07, 6.45) is 1.30. The zero-order valence-electron chi connectivity index (χ0n) is 10.2. The largest absolute Gasteiger partial charge is 0.481 e. The van der Waals surface area contributed by atoms with E-state index in [-0.39, 0.29) is 12.5 Å². The van der Waals surface area contributed by atoms with E-state index in [4.69, 9.17) is 5.11 Å². The maximum atomic E-state index is 11.9. The van der Waals surface area contributed by atoms with Crippen LogP contribution in [-0.2, 0) is 9.59 Å². The molecule has 4 N–H and O–H groups in total. The van der Waals surface area contributed by atoms with E-state index in [0.717, 1.165) is 19.4 Å². The molecule has 0 aromatic heterocycles. The summed E-state index contributed by atoms with van der Waals surface area (Å²) >= 11 is 0. The van der Waals surface area contributed by atoms with Crippen LogP contribution >= 0.6 is 0 Å². The van der Waals surface area contributed by atoms with Gasteiger partial charge in [-0.1, -0.05) is 0 Å². The number of nitrogens with one attached hydrogen (secondary N) is 2. The van der Waals surface area contributed by atoms with Gasteiger partial charge in [0.1, 0.15) is 0 Å². The maximum Gasteiger partial charge on any atom is 0.306 e. The molecule has 6 heteroatoms. The summed E-state index contributed by atoms with van der Waals surface area (Å²) < 4.78 is 0. The molecule has 6 nitrogen and oxygen atoms in total. The van der Waals surface area contributed by atoms with Gasteiger partial charge in [-0.15, -0.1) is 0 Å². The van der Waals surface area contributed by atoms with Crippen LogP contribution in [0.1, 0.15) is 33.1 Å². The molecule has 1 saturated heterocycles. The highest BCUT2D eigenvalue weighted by Gasteiger charge is 2.36. The molecule has 98 valence electrons. The van der Waals surface area contributed by atoms with Crippen molar-refractivity contribution in [2.45, 2.75) is 44.2 Å². The number of carboxylic acid groups (broad SMARTS) is 1. The molecule has 1 fully saturated rings. The number of rotatable bonds is 5. The Kier molecular flexibility index (Phi) is 4.11. The van der Waals surface area contributed by atoms with Gasteiger partial charge in [-0.05, 0) is 33.2 Å². The molecule has 0 radical (unpaired) electrons. The highest BCUT2D eigenvalue weighted by Crippen LogP contribution is 2.18. The number of aliphatic hydroxyl groups is 1. The van der Waals surface area contributed by atoms with Gasteiger partial charge in [0.2, 0.25) is 5.91 Å². The maximum absolute atomic E-state index is 11.9. The average molecular weight is 244 g/mol. The topological polar surface area (TPSA) is 98.7 Å². The van der Waals surface area contributed by atoms with Crippen molar-refractivity contribution in [2.75, 3.05) is 13.1 Å². The minimum absolute atomic E-state index is 0.0601. The number of aliphatic carboxylic acids is 1. The fourth-order valence-corrected chi connectivity index (χ4v) is 1.94. The van der Waals surface area contributed by atoms with E-state index < -0.39 is 23.5 Å². The van der Waals surface area contributed by atoms with Crippen LogP contribution in [0.15, 0.2) is 0 Å². The first-order valence-corrected chi connectivity index (χ1v) is 5.73. The quantitative estimate of drug-likeness (QED) is 0.521. The van der Waals surface area contributed by atoms with Crippen molar-refractivity contribution in [3.8, 4) is 0 Å². The smallest absolute Gasteiger partial charge is 0.306 e. The number of carbonyl (C=O) groups is 2. The average Bonchev–Trinajstić information content (AvgIpc) is 2.61. The Bertz CT molecular complexity index is 309. The SMILES string of the molecule is CC(O)(CNC(=O)C1(C)CCCN1)CC(=O)O. The van der Waals surface area contributed by atoms with Crippen LogP contribution in [0.5, 0.6) is 0 Å². The molecule has 0 bridgehead atoms. The third kappa shape index (κ3) is 3.98. The molecule has 1 rings (SSSR count). The Balaban J connectivity index is 2.44. The van der Waals surface area contributed by atoms with E-state index in [0.29, 0.717) is 0 Å². The molecule has 0 aliphatic carbocycles. The van der Waals surface area contributed by atoms with Crippen molar-refractivity contribution in [3.63, 3.8) is 0 Å². The van der Waals surface area contributed by atoms with Crippen LogP contribution in [-0.4, -0.2) is 46.3 Å². The van der Waals surface area contributed by atoms with Crippen LogP contribution in [0.25, 0.3) is 0 Å². The van der Waals surface area contributed by atoms with Gasteiger partial charge in [0.15, 0.2) is 0 Å². The minimum atomic E-state index is -1.42. The first-order valence-electron chi connectivity index (χ1n) is 5.73. The Morgan fingerprint density at radius 1 is 1.53 bits per heavy atom. The summed E-state index contributed by atoms with van der Waals surface area (Å²) in [5.74, 6) is -1.28. The van der Waals surface area contributed by atoms with Gasteiger partial charge in [0, 0.05) is 6.54 Å². The molecule has 1 aliphatic heterocycles. The number of carbonyl (C=O) groups excluding carboxylic acids is 1. The first kappa shape index (κ1) is 13.9. The van der Waals surface area contributed by atoms with Crippen LogP contribution in [0.2, 0.25) is 0 Å². The van der Waals surface area contributed by atoms with Gasteiger partial charge in [-0.3, -0.25) is 9.59 Å². The van der Waals surface area contributed by atoms with Gasteiger partial charge in [0.25, 0.3) is 0 Å². The van der Waals surface area contributed by atoms with Crippen molar-refractivity contribution in [1.82, 2.24) is 10.6 Å². The summed E-state index contributed by atoms with van der Waals surface area (Å²) in [5, 5.41) is 24.0. The van der Waals surface area contributed by atoms with E-state index in [1.165, 1.54) is 6.92 Å². The van der Waals surface area contributed by atoms with Crippen molar-refractivity contribution in [1.29, 1.82) is 0 Å². The molecular formula is C11H20N2O4. The zero-order valence-corrected chi connectivity index (χ0v) is 10.2. The molecule has 0 aromatic rings. The molecule has 0 saturated carbocycles. The third-order valence-corrected chi connectivity index (χ3v) is 3.03. The van der Waals surface area contributed by atoms with Crippen molar-refractivity contribution in [2.24, 2.45) is 0 Å². The fourth-order valence-electron chi connectivity index (χ4n) is 1.94. The second-order valence-corrected chi connectivity index (χ2v) is 5.11. The lowest BCUT2D eigenvalue weighted by molar-refractivity contribution is -0.142. The van der Waals surface area contributed by atoms with Crippen molar-refractivity contribution in [3.05, 3.63) is 0 Å². The first-order chi connectivity index (χ1) is 7.75. The Morgan fingerprint density at radius 3 is 2.65 bits per heavy atom. The van der Waals surface area contributed by atoms with E-state index >= 15 is 0 Å². The van der Waals surface area contributed by atoms with Crippen LogP contribution in [0, 0.1) is 0 Å². The van der Waals surface area contributed by atoms with E-state index in [9.17, 15) is 14.7 Å². The lowest BCUT2D eigenvalue weighted by Crippen LogP contribution is -2.54.